The van der Waals surface area contributed by atoms with Gasteiger partial charge < -0.3 is 10.1 Å². The predicted octanol–water partition coefficient (Wildman–Crippen LogP) is 3.15. The van der Waals surface area contributed by atoms with Crippen molar-refractivity contribution in [3.8, 4) is 5.75 Å². The summed E-state index contributed by atoms with van der Waals surface area (Å²) in [5.74, 6) is 0.384. The lowest BCUT2D eigenvalue weighted by Gasteiger charge is -2.24. The third-order valence-electron chi connectivity index (χ3n) is 5.64. The lowest BCUT2D eigenvalue weighted by Crippen LogP contribution is -2.32. The van der Waals surface area contributed by atoms with Gasteiger partial charge in [-0.25, -0.2) is 8.42 Å². The smallest absolute Gasteiger partial charge is 0.232 e. The number of carbonyl (C=O) groups excluding carboxylic acids is 1. The zero-order valence-electron chi connectivity index (χ0n) is 18.9. The molecule has 0 saturated carbocycles. The molecule has 174 valence electrons. The van der Waals surface area contributed by atoms with Gasteiger partial charge in [-0.2, -0.15) is 0 Å². The van der Waals surface area contributed by atoms with Gasteiger partial charge in [0.2, 0.25) is 15.9 Å². The van der Waals surface area contributed by atoms with E-state index in [0.717, 1.165) is 18.4 Å². The predicted molar refractivity (Wildman–Crippen MR) is 127 cm³/mol. The molecule has 2 aromatic rings. The third kappa shape index (κ3) is 6.97. The van der Waals surface area contributed by atoms with E-state index in [9.17, 15) is 13.2 Å². The molecule has 0 aromatic heterocycles. The van der Waals surface area contributed by atoms with Crippen LogP contribution in [0.5, 0.6) is 5.75 Å². The first-order valence-corrected chi connectivity index (χ1v) is 12.9. The molecule has 7 nitrogen and oxygen atoms in total. The van der Waals surface area contributed by atoms with E-state index in [4.69, 9.17) is 4.74 Å². The molecule has 0 unspecified atom stereocenters. The highest BCUT2D eigenvalue weighted by molar-refractivity contribution is 7.92. The van der Waals surface area contributed by atoms with Crippen LogP contribution >= 0.6 is 0 Å². The van der Waals surface area contributed by atoms with Crippen LogP contribution in [0.1, 0.15) is 36.8 Å². The van der Waals surface area contributed by atoms with Crippen molar-refractivity contribution in [3.05, 3.63) is 59.7 Å². The number of para-hydroxylation sites is 2. The van der Waals surface area contributed by atoms with Gasteiger partial charge in [-0.05, 0) is 55.6 Å². The standard InChI is InChI=1S/C24H33N3O4S/c1-31-23-9-4-3-8-22(23)27(32(2,29)30)17-7-10-24(28)25-18-20-11-13-21(14-12-20)19-26-15-5-6-16-26/h3-4,8-9,11-14H,5-7,10,15-19H2,1-2H3,(H,25,28). The van der Waals surface area contributed by atoms with Crippen molar-refractivity contribution in [2.45, 2.75) is 38.8 Å². The molecule has 0 aliphatic carbocycles. The van der Waals surface area contributed by atoms with Crippen LogP contribution in [0.25, 0.3) is 0 Å². The second kappa shape index (κ2) is 11.3. The van der Waals surface area contributed by atoms with Gasteiger partial charge in [-0.1, -0.05) is 36.4 Å². The number of nitrogens with one attached hydrogen (secondary N) is 1. The Balaban J connectivity index is 1.46. The second-order valence-electron chi connectivity index (χ2n) is 8.19. The lowest BCUT2D eigenvalue weighted by atomic mass is 10.1. The van der Waals surface area contributed by atoms with E-state index < -0.39 is 10.0 Å². The molecule has 1 fully saturated rings. The first-order valence-electron chi connectivity index (χ1n) is 11.0. The van der Waals surface area contributed by atoms with Gasteiger partial charge in [0, 0.05) is 26.1 Å². The highest BCUT2D eigenvalue weighted by Crippen LogP contribution is 2.29. The van der Waals surface area contributed by atoms with Crippen LogP contribution in [-0.2, 0) is 27.9 Å². The Hall–Kier alpha value is -2.58. The molecule has 0 bridgehead atoms. The molecule has 32 heavy (non-hydrogen) atoms. The van der Waals surface area contributed by atoms with E-state index in [0.29, 0.717) is 24.4 Å². The van der Waals surface area contributed by atoms with Crippen molar-refractivity contribution < 1.29 is 17.9 Å². The summed E-state index contributed by atoms with van der Waals surface area (Å²) in [6.45, 7) is 4.00. The number of sulfonamides is 1. The van der Waals surface area contributed by atoms with Crippen LogP contribution in [0.15, 0.2) is 48.5 Å². The number of likely N-dealkylation sites (tertiary alicyclic amines) is 1. The summed E-state index contributed by atoms with van der Waals surface area (Å²) < 4.78 is 31.2. The Morgan fingerprint density at radius 1 is 1.06 bits per heavy atom. The average molecular weight is 460 g/mol. The van der Waals surface area contributed by atoms with Crippen molar-refractivity contribution in [2.75, 3.05) is 37.3 Å². The molecule has 1 heterocycles. The molecule has 1 aliphatic heterocycles. The summed E-state index contributed by atoms with van der Waals surface area (Å²) >= 11 is 0. The molecule has 0 radical (unpaired) electrons. The monoisotopic (exact) mass is 459 g/mol. The fourth-order valence-corrected chi connectivity index (χ4v) is 4.90. The number of methoxy groups -OCH3 is 1. The minimum atomic E-state index is -3.50. The molecular weight excluding hydrogens is 426 g/mol. The van der Waals surface area contributed by atoms with E-state index in [2.05, 4.69) is 34.5 Å². The van der Waals surface area contributed by atoms with E-state index >= 15 is 0 Å². The largest absolute Gasteiger partial charge is 0.495 e. The van der Waals surface area contributed by atoms with Crippen LogP contribution in [0, 0.1) is 0 Å². The van der Waals surface area contributed by atoms with Crippen LogP contribution in [0.4, 0.5) is 5.69 Å². The van der Waals surface area contributed by atoms with Gasteiger partial charge in [-0.3, -0.25) is 14.0 Å². The van der Waals surface area contributed by atoms with E-state index in [-0.39, 0.29) is 18.9 Å². The zero-order valence-corrected chi connectivity index (χ0v) is 19.7. The average Bonchev–Trinajstić information content (AvgIpc) is 3.28. The van der Waals surface area contributed by atoms with Crippen molar-refractivity contribution in [1.82, 2.24) is 10.2 Å². The summed E-state index contributed by atoms with van der Waals surface area (Å²) in [6, 6.07) is 15.3. The number of hydrogen-bond donors (Lipinski definition) is 1. The number of benzene rings is 2. The van der Waals surface area contributed by atoms with Crippen LogP contribution < -0.4 is 14.4 Å². The molecule has 3 rings (SSSR count). The summed E-state index contributed by atoms with van der Waals surface area (Å²) in [6.07, 6.45) is 4.38. The summed E-state index contributed by atoms with van der Waals surface area (Å²) in [5.41, 5.74) is 2.82. The Labute approximate surface area is 191 Å². The number of rotatable bonds is 11. The molecule has 1 aliphatic rings. The molecular formula is C24H33N3O4S. The van der Waals surface area contributed by atoms with E-state index in [1.165, 1.54) is 42.9 Å². The highest BCUT2D eigenvalue weighted by atomic mass is 32.2. The normalized spacial score (nSPS) is 14.3. The van der Waals surface area contributed by atoms with Gasteiger partial charge in [0.15, 0.2) is 0 Å². The Morgan fingerprint density at radius 3 is 2.38 bits per heavy atom. The summed E-state index contributed by atoms with van der Waals surface area (Å²) in [7, 11) is -1.99. The Morgan fingerprint density at radius 2 is 1.72 bits per heavy atom. The summed E-state index contributed by atoms with van der Waals surface area (Å²) in [4.78, 5) is 14.8. The summed E-state index contributed by atoms with van der Waals surface area (Å²) in [5, 5.41) is 2.92. The third-order valence-corrected chi connectivity index (χ3v) is 6.82. The molecule has 0 spiro atoms. The molecule has 1 N–H and O–H groups in total. The molecule has 2 aromatic carbocycles. The van der Waals surface area contributed by atoms with Crippen LogP contribution in [0.2, 0.25) is 0 Å². The number of anilines is 1. The number of amides is 1. The van der Waals surface area contributed by atoms with Gasteiger partial charge in [0.25, 0.3) is 0 Å². The Kier molecular flexibility index (Phi) is 8.53. The van der Waals surface area contributed by atoms with Crippen molar-refractivity contribution in [1.29, 1.82) is 0 Å². The maximum Gasteiger partial charge on any atom is 0.232 e. The highest BCUT2D eigenvalue weighted by Gasteiger charge is 2.20. The van der Waals surface area contributed by atoms with Crippen molar-refractivity contribution in [3.63, 3.8) is 0 Å². The van der Waals surface area contributed by atoms with Crippen molar-refractivity contribution >= 4 is 21.6 Å². The quantitative estimate of drug-likeness (QED) is 0.558. The maximum atomic E-state index is 12.3. The van der Waals surface area contributed by atoms with Gasteiger partial charge in [0.1, 0.15) is 5.75 Å². The lowest BCUT2D eigenvalue weighted by molar-refractivity contribution is -0.121. The topological polar surface area (TPSA) is 79.0 Å². The first-order chi connectivity index (χ1) is 15.4. The SMILES string of the molecule is COc1ccccc1N(CCCC(=O)NCc1ccc(CN2CCCC2)cc1)S(C)(=O)=O. The maximum absolute atomic E-state index is 12.3. The molecule has 0 atom stereocenters. The minimum Gasteiger partial charge on any atom is -0.495 e. The molecule has 1 saturated heterocycles. The van der Waals surface area contributed by atoms with E-state index in [1.807, 2.05) is 0 Å². The zero-order chi connectivity index (χ0) is 23.0. The van der Waals surface area contributed by atoms with Crippen molar-refractivity contribution in [2.24, 2.45) is 0 Å². The molecule has 1 amide bonds. The number of hydrogen-bond acceptors (Lipinski definition) is 5. The van der Waals surface area contributed by atoms with Gasteiger partial charge >= 0.3 is 0 Å². The molecule has 8 heteroatoms. The van der Waals surface area contributed by atoms with Gasteiger partial charge in [0.05, 0.1) is 19.1 Å². The Bertz CT molecular complexity index is 987. The fraction of sp³-hybridized carbons (Fsp3) is 0.458. The first kappa shape index (κ1) is 24.1. The van der Waals surface area contributed by atoms with E-state index in [1.54, 1.807) is 24.3 Å². The number of nitrogens with zero attached hydrogens (tertiary/aromatic N) is 2. The fourth-order valence-electron chi connectivity index (χ4n) is 3.93. The second-order valence-corrected chi connectivity index (χ2v) is 10.1. The number of carbonyl (C=O) groups is 1. The van der Waals surface area contributed by atoms with Crippen LogP contribution in [0.3, 0.4) is 0 Å². The van der Waals surface area contributed by atoms with Gasteiger partial charge in [-0.15, -0.1) is 0 Å². The number of ether oxygens (including phenoxy) is 1. The minimum absolute atomic E-state index is 0.0976. The van der Waals surface area contributed by atoms with Crippen LogP contribution in [-0.4, -0.2) is 52.2 Å².